The molecule has 34 heavy (non-hydrogen) atoms. The minimum atomic E-state index is 0.635. The molecule has 0 fully saturated rings. The summed E-state index contributed by atoms with van der Waals surface area (Å²) in [7, 11) is 0. The lowest BCUT2D eigenvalue weighted by molar-refractivity contribution is 0.669. The van der Waals surface area contributed by atoms with Crippen molar-refractivity contribution in [1.29, 1.82) is 5.26 Å². The maximum absolute atomic E-state index is 9.33. The van der Waals surface area contributed by atoms with E-state index in [2.05, 4.69) is 89.5 Å². The van der Waals surface area contributed by atoms with Crippen LogP contribution in [0.4, 0.5) is 0 Å². The Bertz CT molecular complexity index is 1920. The predicted molar refractivity (Wildman–Crippen MR) is 138 cm³/mol. The van der Waals surface area contributed by atoms with Crippen LogP contribution in [0.5, 0.6) is 0 Å². The Balaban J connectivity index is 1.47. The molecule has 0 aliphatic carbocycles. The van der Waals surface area contributed by atoms with Gasteiger partial charge in [-0.05, 0) is 71.8 Å². The van der Waals surface area contributed by atoms with Crippen LogP contribution in [0.15, 0.2) is 114 Å². The fraction of sp³-hybridized carbons (Fsp3) is 0. The molecule has 0 radical (unpaired) electrons. The topological polar surface area (TPSA) is 41.9 Å². The normalized spacial score (nSPS) is 11.5. The average Bonchev–Trinajstić information content (AvgIpc) is 3.43. The number of hydrogen-bond donors (Lipinski definition) is 0. The quantitative estimate of drug-likeness (QED) is 0.275. The van der Waals surface area contributed by atoms with Crippen molar-refractivity contribution in [3.63, 3.8) is 0 Å². The second-order valence-corrected chi connectivity index (χ2v) is 8.56. The molecule has 158 valence electrons. The van der Waals surface area contributed by atoms with Gasteiger partial charge in [0, 0.05) is 27.2 Å². The Labute approximate surface area is 195 Å². The SMILES string of the molecule is N#Cc1ccc2oc3ccc(-c4ccc5c(c4)c4ccccc4n5-c4ccccc4)cc3c2c1. The van der Waals surface area contributed by atoms with Gasteiger partial charge in [-0.2, -0.15) is 5.26 Å². The third-order valence-corrected chi connectivity index (χ3v) is 6.62. The zero-order chi connectivity index (χ0) is 22.6. The van der Waals surface area contributed by atoms with E-state index in [1.54, 1.807) is 6.07 Å². The smallest absolute Gasteiger partial charge is 0.135 e. The van der Waals surface area contributed by atoms with Crippen LogP contribution in [0.3, 0.4) is 0 Å². The molecule has 0 saturated carbocycles. The second-order valence-electron chi connectivity index (χ2n) is 8.56. The number of rotatable bonds is 2. The minimum Gasteiger partial charge on any atom is -0.456 e. The summed E-state index contributed by atoms with van der Waals surface area (Å²) < 4.78 is 8.33. The Morgan fingerprint density at radius 1 is 0.559 bits per heavy atom. The van der Waals surface area contributed by atoms with Crippen molar-refractivity contribution >= 4 is 43.7 Å². The van der Waals surface area contributed by atoms with Crippen LogP contribution in [-0.2, 0) is 0 Å². The zero-order valence-corrected chi connectivity index (χ0v) is 18.2. The molecule has 0 aliphatic rings. The summed E-state index contributed by atoms with van der Waals surface area (Å²) in [4.78, 5) is 0. The van der Waals surface area contributed by atoms with E-state index in [0.717, 1.165) is 38.8 Å². The summed E-state index contributed by atoms with van der Waals surface area (Å²) in [6.45, 7) is 0. The van der Waals surface area contributed by atoms with Gasteiger partial charge in [0.1, 0.15) is 11.2 Å². The lowest BCUT2D eigenvalue weighted by Gasteiger charge is -2.08. The number of para-hydroxylation sites is 2. The molecule has 0 atom stereocenters. The zero-order valence-electron chi connectivity index (χ0n) is 18.2. The van der Waals surface area contributed by atoms with Gasteiger partial charge in [-0.25, -0.2) is 0 Å². The molecule has 3 heteroatoms. The average molecular weight is 434 g/mol. The maximum atomic E-state index is 9.33. The molecule has 2 heterocycles. The third kappa shape index (κ3) is 2.69. The van der Waals surface area contributed by atoms with E-state index in [-0.39, 0.29) is 0 Å². The molecule has 0 bridgehead atoms. The lowest BCUT2D eigenvalue weighted by Crippen LogP contribution is -1.92. The van der Waals surface area contributed by atoms with E-state index in [9.17, 15) is 5.26 Å². The van der Waals surface area contributed by atoms with Gasteiger partial charge in [-0.3, -0.25) is 0 Å². The van der Waals surface area contributed by atoms with Crippen LogP contribution < -0.4 is 0 Å². The van der Waals surface area contributed by atoms with Crippen LogP contribution in [0.25, 0.3) is 60.6 Å². The molecule has 0 aliphatic heterocycles. The number of benzene rings is 5. The number of nitrogens with zero attached hydrogens (tertiary/aromatic N) is 2. The molecule has 0 saturated heterocycles. The number of fused-ring (bicyclic) bond motifs is 6. The summed E-state index contributed by atoms with van der Waals surface area (Å²) in [5, 5.41) is 13.8. The number of nitriles is 1. The van der Waals surface area contributed by atoms with Gasteiger partial charge >= 0.3 is 0 Å². The van der Waals surface area contributed by atoms with Gasteiger partial charge in [0.2, 0.25) is 0 Å². The summed E-state index contributed by atoms with van der Waals surface area (Å²) in [6.07, 6.45) is 0. The highest BCUT2D eigenvalue weighted by Crippen LogP contribution is 2.37. The van der Waals surface area contributed by atoms with E-state index in [1.165, 1.54) is 21.8 Å². The molecular weight excluding hydrogens is 416 g/mol. The van der Waals surface area contributed by atoms with Crippen LogP contribution in [0.1, 0.15) is 5.56 Å². The maximum Gasteiger partial charge on any atom is 0.135 e. The van der Waals surface area contributed by atoms with E-state index in [1.807, 2.05) is 24.3 Å². The number of aromatic nitrogens is 1. The van der Waals surface area contributed by atoms with Crippen LogP contribution >= 0.6 is 0 Å². The Morgan fingerprint density at radius 3 is 2.03 bits per heavy atom. The Kier molecular flexibility index (Phi) is 3.91. The third-order valence-electron chi connectivity index (χ3n) is 6.62. The standard InChI is InChI=1S/C31H18N2O/c32-19-20-10-14-30-26(16-20)27-18-22(12-15-31(27)34-30)21-11-13-29-25(17-21)24-8-4-5-9-28(24)33(29)23-6-2-1-3-7-23/h1-18H. The largest absolute Gasteiger partial charge is 0.456 e. The summed E-state index contributed by atoms with van der Waals surface area (Å²) in [5.41, 5.74) is 8.07. The van der Waals surface area contributed by atoms with Crippen LogP contribution in [0.2, 0.25) is 0 Å². The van der Waals surface area contributed by atoms with Crippen molar-refractivity contribution < 1.29 is 4.42 Å². The van der Waals surface area contributed by atoms with Crippen molar-refractivity contribution in [3.05, 3.63) is 115 Å². The van der Waals surface area contributed by atoms with Crippen molar-refractivity contribution in [2.75, 3.05) is 0 Å². The van der Waals surface area contributed by atoms with Gasteiger partial charge in [0.05, 0.1) is 22.7 Å². The molecule has 7 rings (SSSR count). The molecule has 5 aromatic carbocycles. The van der Waals surface area contributed by atoms with Gasteiger partial charge in [0.25, 0.3) is 0 Å². The molecule has 2 aromatic heterocycles. The fourth-order valence-electron chi connectivity index (χ4n) is 5.03. The van der Waals surface area contributed by atoms with E-state index >= 15 is 0 Å². The first-order valence-electron chi connectivity index (χ1n) is 11.3. The van der Waals surface area contributed by atoms with E-state index in [0.29, 0.717) is 5.56 Å². The van der Waals surface area contributed by atoms with Crippen molar-refractivity contribution in [2.24, 2.45) is 0 Å². The van der Waals surface area contributed by atoms with Gasteiger partial charge in [0.15, 0.2) is 0 Å². The van der Waals surface area contributed by atoms with Crippen molar-refractivity contribution in [2.45, 2.75) is 0 Å². The fourth-order valence-corrected chi connectivity index (χ4v) is 5.03. The molecule has 0 amide bonds. The van der Waals surface area contributed by atoms with Crippen LogP contribution in [-0.4, -0.2) is 4.57 Å². The summed E-state index contributed by atoms with van der Waals surface area (Å²) in [6, 6.07) is 39.8. The first-order chi connectivity index (χ1) is 16.8. The molecule has 0 N–H and O–H groups in total. The van der Waals surface area contributed by atoms with Gasteiger partial charge in [-0.1, -0.05) is 48.5 Å². The second kappa shape index (κ2) is 7.10. The first-order valence-corrected chi connectivity index (χ1v) is 11.3. The Morgan fingerprint density at radius 2 is 1.21 bits per heavy atom. The van der Waals surface area contributed by atoms with E-state index < -0.39 is 0 Å². The Hall–Kier alpha value is -4.81. The minimum absolute atomic E-state index is 0.635. The van der Waals surface area contributed by atoms with Crippen molar-refractivity contribution in [1.82, 2.24) is 4.57 Å². The van der Waals surface area contributed by atoms with E-state index in [4.69, 9.17) is 4.42 Å². The van der Waals surface area contributed by atoms with Gasteiger partial charge < -0.3 is 8.98 Å². The highest BCUT2D eigenvalue weighted by molar-refractivity contribution is 6.11. The predicted octanol–water partition coefficient (Wildman–Crippen LogP) is 8.22. The van der Waals surface area contributed by atoms with Crippen molar-refractivity contribution in [3.8, 4) is 22.9 Å². The van der Waals surface area contributed by atoms with Crippen LogP contribution in [0, 0.1) is 11.3 Å². The highest BCUT2D eigenvalue weighted by atomic mass is 16.3. The number of hydrogen-bond acceptors (Lipinski definition) is 2. The van der Waals surface area contributed by atoms with Gasteiger partial charge in [-0.15, -0.1) is 0 Å². The molecule has 7 aromatic rings. The first kappa shape index (κ1) is 18.7. The monoisotopic (exact) mass is 434 g/mol. The summed E-state index contributed by atoms with van der Waals surface area (Å²) in [5.74, 6) is 0. The molecule has 0 spiro atoms. The molecule has 0 unspecified atom stereocenters. The molecular formula is C31H18N2O. The molecule has 3 nitrogen and oxygen atoms in total. The highest BCUT2D eigenvalue weighted by Gasteiger charge is 2.14. The summed E-state index contributed by atoms with van der Waals surface area (Å²) >= 11 is 0. The number of furan rings is 1. The lowest BCUT2D eigenvalue weighted by atomic mass is 10.0.